The number of aliphatic hydroxyl groups is 1. The van der Waals surface area contributed by atoms with Gasteiger partial charge in [-0.1, -0.05) is 0 Å². The lowest BCUT2D eigenvalue weighted by Gasteiger charge is -2.13. The largest absolute Gasteiger partial charge is 0.492 e. The summed E-state index contributed by atoms with van der Waals surface area (Å²) in [5.74, 6) is 1.48. The minimum atomic E-state index is 0.254. The molecular formula is C14H22BrNO3. The normalized spacial score (nSPS) is 10.5. The quantitative estimate of drug-likeness (QED) is 0.683. The second kappa shape index (κ2) is 9.18. The summed E-state index contributed by atoms with van der Waals surface area (Å²) in [5.41, 5.74) is 1.14. The van der Waals surface area contributed by atoms with Crippen LogP contribution in [-0.4, -0.2) is 32.0 Å². The van der Waals surface area contributed by atoms with Crippen molar-refractivity contribution in [1.82, 2.24) is 5.32 Å². The molecule has 0 aliphatic carbocycles. The fourth-order valence-corrected chi connectivity index (χ4v) is 2.43. The van der Waals surface area contributed by atoms with Crippen LogP contribution in [-0.2, 0) is 6.54 Å². The molecule has 0 radical (unpaired) electrons. The van der Waals surface area contributed by atoms with Crippen LogP contribution >= 0.6 is 15.9 Å². The highest BCUT2D eigenvalue weighted by Crippen LogP contribution is 2.36. The van der Waals surface area contributed by atoms with Gasteiger partial charge < -0.3 is 19.9 Å². The van der Waals surface area contributed by atoms with Gasteiger partial charge in [0.15, 0.2) is 11.5 Å². The fraction of sp³-hybridized carbons (Fsp3) is 0.571. The molecule has 2 N–H and O–H groups in total. The van der Waals surface area contributed by atoms with Gasteiger partial charge in [-0.2, -0.15) is 0 Å². The van der Waals surface area contributed by atoms with E-state index in [0.29, 0.717) is 6.61 Å². The summed E-state index contributed by atoms with van der Waals surface area (Å²) in [6.07, 6.45) is 1.82. The third-order valence-electron chi connectivity index (χ3n) is 2.66. The Bertz CT molecular complexity index is 385. The van der Waals surface area contributed by atoms with Crippen LogP contribution in [0.3, 0.4) is 0 Å². The monoisotopic (exact) mass is 331 g/mol. The van der Waals surface area contributed by atoms with Crippen molar-refractivity contribution in [3.05, 3.63) is 22.2 Å². The summed E-state index contributed by atoms with van der Waals surface area (Å²) in [5, 5.41) is 12.0. The minimum Gasteiger partial charge on any atom is -0.492 e. The Balaban J connectivity index is 2.63. The number of ether oxygens (including phenoxy) is 2. The summed E-state index contributed by atoms with van der Waals surface area (Å²) < 4.78 is 11.8. The van der Waals surface area contributed by atoms with Crippen LogP contribution in [0.15, 0.2) is 16.6 Å². The average Bonchev–Trinajstić information content (AvgIpc) is 2.39. The van der Waals surface area contributed by atoms with Crippen LogP contribution in [0.4, 0.5) is 0 Å². The van der Waals surface area contributed by atoms with Gasteiger partial charge in [-0.3, -0.25) is 0 Å². The van der Waals surface area contributed by atoms with E-state index in [2.05, 4.69) is 21.2 Å². The van der Waals surface area contributed by atoms with E-state index in [1.165, 1.54) is 0 Å². The first-order valence-corrected chi connectivity index (χ1v) is 7.33. The van der Waals surface area contributed by atoms with E-state index in [4.69, 9.17) is 14.6 Å². The van der Waals surface area contributed by atoms with Gasteiger partial charge in [-0.05, 0) is 59.9 Å². The SMILES string of the molecule is CCOc1cc(CNCCCCO)cc(Br)c1OC. The van der Waals surface area contributed by atoms with Crippen molar-refractivity contribution in [3.8, 4) is 11.5 Å². The van der Waals surface area contributed by atoms with E-state index in [0.717, 1.165) is 47.5 Å². The molecule has 108 valence electrons. The Hall–Kier alpha value is -0.780. The van der Waals surface area contributed by atoms with E-state index >= 15 is 0 Å². The molecular weight excluding hydrogens is 310 g/mol. The summed E-state index contributed by atoms with van der Waals surface area (Å²) >= 11 is 3.50. The molecule has 1 aromatic rings. The highest BCUT2D eigenvalue weighted by molar-refractivity contribution is 9.10. The molecule has 0 spiro atoms. The van der Waals surface area contributed by atoms with Crippen molar-refractivity contribution in [1.29, 1.82) is 0 Å². The predicted octanol–water partition coefficient (Wildman–Crippen LogP) is 2.72. The van der Waals surface area contributed by atoms with Crippen molar-refractivity contribution in [2.45, 2.75) is 26.3 Å². The number of halogens is 1. The van der Waals surface area contributed by atoms with E-state index < -0.39 is 0 Å². The van der Waals surface area contributed by atoms with Gasteiger partial charge in [0, 0.05) is 13.2 Å². The Morgan fingerprint density at radius 2 is 2.11 bits per heavy atom. The molecule has 0 atom stereocenters. The van der Waals surface area contributed by atoms with Gasteiger partial charge in [-0.15, -0.1) is 0 Å². The average molecular weight is 332 g/mol. The van der Waals surface area contributed by atoms with Gasteiger partial charge in [-0.25, -0.2) is 0 Å². The Labute approximate surface area is 123 Å². The molecule has 0 aromatic heterocycles. The third kappa shape index (κ3) is 5.38. The second-order valence-corrected chi connectivity index (χ2v) is 5.00. The summed E-state index contributed by atoms with van der Waals surface area (Å²) in [4.78, 5) is 0. The zero-order chi connectivity index (χ0) is 14.1. The molecule has 0 heterocycles. The molecule has 1 rings (SSSR count). The molecule has 0 amide bonds. The number of aliphatic hydroxyl groups excluding tert-OH is 1. The molecule has 0 aliphatic heterocycles. The Kier molecular flexibility index (Phi) is 7.86. The first kappa shape index (κ1) is 16.3. The zero-order valence-electron chi connectivity index (χ0n) is 11.5. The smallest absolute Gasteiger partial charge is 0.174 e. The lowest BCUT2D eigenvalue weighted by Crippen LogP contribution is -2.15. The maximum Gasteiger partial charge on any atom is 0.174 e. The molecule has 0 saturated heterocycles. The van der Waals surface area contributed by atoms with Crippen molar-refractivity contribution in [3.63, 3.8) is 0 Å². The molecule has 0 fully saturated rings. The topological polar surface area (TPSA) is 50.7 Å². The predicted molar refractivity (Wildman–Crippen MR) is 79.9 cm³/mol. The Morgan fingerprint density at radius 1 is 1.32 bits per heavy atom. The number of methoxy groups -OCH3 is 1. The van der Waals surface area contributed by atoms with Crippen molar-refractivity contribution in [2.24, 2.45) is 0 Å². The number of hydrogen-bond acceptors (Lipinski definition) is 4. The standard InChI is InChI=1S/C14H22BrNO3/c1-3-19-13-9-11(8-12(15)14(13)18-2)10-16-6-4-5-7-17/h8-9,16-17H,3-7,10H2,1-2H3. The van der Waals surface area contributed by atoms with Gasteiger partial charge in [0.25, 0.3) is 0 Å². The van der Waals surface area contributed by atoms with Crippen LogP contribution in [0.2, 0.25) is 0 Å². The van der Waals surface area contributed by atoms with E-state index in [1.54, 1.807) is 7.11 Å². The van der Waals surface area contributed by atoms with Gasteiger partial charge >= 0.3 is 0 Å². The van der Waals surface area contributed by atoms with Crippen LogP contribution in [0.5, 0.6) is 11.5 Å². The van der Waals surface area contributed by atoms with E-state index in [-0.39, 0.29) is 6.61 Å². The minimum absolute atomic E-state index is 0.254. The number of benzene rings is 1. The van der Waals surface area contributed by atoms with Gasteiger partial charge in [0.05, 0.1) is 18.2 Å². The maximum absolute atomic E-state index is 8.71. The number of hydrogen-bond donors (Lipinski definition) is 2. The first-order chi connectivity index (χ1) is 9.22. The van der Waals surface area contributed by atoms with Crippen molar-refractivity contribution in [2.75, 3.05) is 26.9 Å². The molecule has 1 aromatic carbocycles. The lowest BCUT2D eigenvalue weighted by atomic mass is 10.2. The first-order valence-electron chi connectivity index (χ1n) is 6.53. The summed E-state index contributed by atoms with van der Waals surface area (Å²) in [6, 6.07) is 4.02. The number of rotatable bonds is 9. The summed E-state index contributed by atoms with van der Waals surface area (Å²) in [7, 11) is 1.63. The van der Waals surface area contributed by atoms with Crippen LogP contribution < -0.4 is 14.8 Å². The highest BCUT2D eigenvalue weighted by Gasteiger charge is 2.10. The number of nitrogens with one attached hydrogen (secondary N) is 1. The fourth-order valence-electron chi connectivity index (χ4n) is 1.78. The van der Waals surface area contributed by atoms with Crippen LogP contribution in [0.25, 0.3) is 0 Å². The highest BCUT2D eigenvalue weighted by atomic mass is 79.9. The van der Waals surface area contributed by atoms with E-state index in [1.807, 2.05) is 19.1 Å². The van der Waals surface area contributed by atoms with Gasteiger partial charge in [0.2, 0.25) is 0 Å². The van der Waals surface area contributed by atoms with Crippen molar-refractivity contribution < 1.29 is 14.6 Å². The maximum atomic E-state index is 8.71. The summed E-state index contributed by atoms with van der Waals surface area (Å²) in [6.45, 7) is 4.48. The molecule has 0 saturated carbocycles. The third-order valence-corrected chi connectivity index (χ3v) is 3.25. The molecule has 0 bridgehead atoms. The molecule has 0 aliphatic rings. The van der Waals surface area contributed by atoms with E-state index in [9.17, 15) is 0 Å². The molecule has 19 heavy (non-hydrogen) atoms. The van der Waals surface area contributed by atoms with Gasteiger partial charge in [0.1, 0.15) is 0 Å². The molecule has 0 unspecified atom stereocenters. The van der Waals surface area contributed by atoms with Crippen LogP contribution in [0.1, 0.15) is 25.3 Å². The van der Waals surface area contributed by atoms with Crippen LogP contribution in [0, 0.1) is 0 Å². The lowest BCUT2D eigenvalue weighted by molar-refractivity contribution is 0.283. The van der Waals surface area contributed by atoms with Crippen molar-refractivity contribution >= 4 is 15.9 Å². The Morgan fingerprint density at radius 3 is 2.74 bits per heavy atom. The molecule has 5 heteroatoms. The zero-order valence-corrected chi connectivity index (χ0v) is 13.1. The number of unbranched alkanes of at least 4 members (excludes halogenated alkanes) is 1. The second-order valence-electron chi connectivity index (χ2n) is 4.15. The molecule has 4 nitrogen and oxygen atoms in total.